The molecule has 0 saturated carbocycles. The van der Waals surface area contributed by atoms with Gasteiger partial charge in [0.15, 0.2) is 5.82 Å². The lowest BCUT2D eigenvalue weighted by molar-refractivity contribution is -0.126. The van der Waals surface area contributed by atoms with Crippen molar-refractivity contribution in [3.05, 3.63) is 41.2 Å². The summed E-state index contributed by atoms with van der Waals surface area (Å²) in [6.45, 7) is 11.9. The van der Waals surface area contributed by atoms with Gasteiger partial charge < -0.3 is 10.2 Å². The van der Waals surface area contributed by atoms with E-state index in [1.807, 2.05) is 11.6 Å². The Balaban J connectivity index is 1.61. The lowest BCUT2D eigenvalue weighted by atomic mass is 9.95. The van der Waals surface area contributed by atoms with Gasteiger partial charge in [-0.15, -0.1) is 5.10 Å². The minimum Gasteiger partial charge on any atom is -0.353 e. The number of piperidine rings is 1. The molecule has 0 bridgehead atoms. The molecule has 31 heavy (non-hydrogen) atoms. The Bertz CT molecular complexity index is 1080. The molecule has 1 aliphatic heterocycles. The van der Waals surface area contributed by atoms with Crippen molar-refractivity contribution in [1.82, 2.24) is 25.3 Å². The number of aryl methyl sites for hydroxylation is 3. The lowest BCUT2D eigenvalue weighted by Gasteiger charge is -2.32. The van der Waals surface area contributed by atoms with Crippen LogP contribution >= 0.6 is 0 Å². The van der Waals surface area contributed by atoms with E-state index in [2.05, 4.69) is 72.4 Å². The van der Waals surface area contributed by atoms with Gasteiger partial charge in [-0.2, -0.15) is 10.2 Å². The summed E-state index contributed by atoms with van der Waals surface area (Å²) in [6, 6.07) is 8.60. The third kappa shape index (κ3) is 4.13. The standard InChI is InChI=1S/C24H32N6O/c1-6-16(3)25-24(31)19-11-13-29(14-12-19)23-22-21(17(4)26-27-23)18(5)30(28-22)20-9-7-15(2)8-10-20/h7-10,16,19H,6,11-14H2,1-5H3,(H,25,31)/t16-/m0/s1. The zero-order chi connectivity index (χ0) is 22.1. The summed E-state index contributed by atoms with van der Waals surface area (Å²) in [5, 5.41) is 18.1. The highest BCUT2D eigenvalue weighted by Crippen LogP contribution is 2.31. The highest BCUT2D eigenvalue weighted by molar-refractivity contribution is 5.92. The Hall–Kier alpha value is -2.96. The fourth-order valence-corrected chi connectivity index (χ4v) is 4.28. The van der Waals surface area contributed by atoms with Crippen LogP contribution in [0.5, 0.6) is 0 Å². The first-order valence-electron chi connectivity index (χ1n) is 11.2. The van der Waals surface area contributed by atoms with Gasteiger partial charge in [-0.05, 0) is 59.1 Å². The molecule has 1 atom stereocenters. The Kier molecular flexibility index (Phi) is 5.94. The molecule has 3 aromatic rings. The molecule has 7 heteroatoms. The van der Waals surface area contributed by atoms with Gasteiger partial charge >= 0.3 is 0 Å². The average molecular weight is 421 g/mol. The van der Waals surface area contributed by atoms with Crippen LogP contribution in [-0.2, 0) is 4.79 Å². The summed E-state index contributed by atoms with van der Waals surface area (Å²) in [5.41, 5.74) is 5.09. The van der Waals surface area contributed by atoms with Gasteiger partial charge in [0, 0.05) is 25.0 Å². The average Bonchev–Trinajstić information content (AvgIpc) is 3.12. The van der Waals surface area contributed by atoms with E-state index in [-0.39, 0.29) is 17.9 Å². The fourth-order valence-electron chi connectivity index (χ4n) is 4.28. The number of aromatic nitrogens is 4. The molecule has 0 radical (unpaired) electrons. The molecule has 3 heterocycles. The molecule has 4 rings (SSSR count). The number of carbonyl (C=O) groups excluding carboxylic acids is 1. The van der Waals surface area contributed by atoms with Crippen LogP contribution in [0.3, 0.4) is 0 Å². The molecule has 1 fully saturated rings. The molecule has 0 spiro atoms. The number of nitrogens with zero attached hydrogens (tertiary/aromatic N) is 5. The van der Waals surface area contributed by atoms with Gasteiger partial charge in [-0.3, -0.25) is 4.79 Å². The molecule has 0 aliphatic carbocycles. The maximum Gasteiger partial charge on any atom is 0.223 e. The van der Waals surface area contributed by atoms with Gasteiger partial charge in [0.25, 0.3) is 0 Å². The topological polar surface area (TPSA) is 75.9 Å². The molecule has 1 aliphatic rings. The van der Waals surface area contributed by atoms with Gasteiger partial charge in [-0.25, -0.2) is 4.68 Å². The first kappa shape index (κ1) is 21.3. The quantitative estimate of drug-likeness (QED) is 0.678. The van der Waals surface area contributed by atoms with E-state index in [1.54, 1.807) is 0 Å². The molecule has 7 nitrogen and oxygen atoms in total. The van der Waals surface area contributed by atoms with Crippen molar-refractivity contribution >= 4 is 22.6 Å². The third-order valence-corrected chi connectivity index (χ3v) is 6.43. The maximum atomic E-state index is 12.5. The first-order chi connectivity index (χ1) is 14.9. The molecule has 1 amide bonds. The molecule has 1 saturated heterocycles. The number of fused-ring (bicyclic) bond motifs is 1. The minimum absolute atomic E-state index is 0.0611. The number of benzene rings is 1. The van der Waals surface area contributed by atoms with E-state index in [0.717, 1.165) is 66.1 Å². The van der Waals surface area contributed by atoms with E-state index in [9.17, 15) is 4.79 Å². The lowest BCUT2D eigenvalue weighted by Crippen LogP contribution is -2.43. The minimum atomic E-state index is 0.0611. The Morgan fingerprint density at radius 2 is 1.81 bits per heavy atom. The number of hydrogen-bond acceptors (Lipinski definition) is 5. The number of anilines is 1. The monoisotopic (exact) mass is 420 g/mol. The molecular weight excluding hydrogens is 388 g/mol. The molecule has 164 valence electrons. The summed E-state index contributed by atoms with van der Waals surface area (Å²) in [6.07, 6.45) is 2.58. The van der Waals surface area contributed by atoms with Crippen molar-refractivity contribution in [2.45, 2.75) is 59.9 Å². The second-order valence-corrected chi connectivity index (χ2v) is 8.74. The third-order valence-electron chi connectivity index (χ3n) is 6.43. The smallest absolute Gasteiger partial charge is 0.223 e. The van der Waals surface area contributed by atoms with E-state index in [0.29, 0.717) is 0 Å². The number of amides is 1. The molecule has 1 N–H and O–H groups in total. The summed E-state index contributed by atoms with van der Waals surface area (Å²) in [7, 11) is 0. The number of rotatable bonds is 5. The van der Waals surface area contributed by atoms with Gasteiger partial charge in [0.05, 0.1) is 22.5 Å². The Labute approximate surface area is 183 Å². The molecular formula is C24H32N6O. The van der Waals surface area contributed by atoms with Crippen LogP contribution in [0.2, 0.25) is 0 Å². The largest absolute Gasteiger partial charge is 0.353 e. The van der Waals surface area contributed by atoms with Crippen LogP contribution in [-0.4, -0.2) is 45.0 Å². The zero-order valence-corrected chi connectivity index (χ0v) is 19.1. The highest BCUT2D eigenvalue weighted by Gasteiger charge is 2.28. The van der Waals surface area contributed by atoms with Gasteiger partial charge in [0.2, 0.25) is 5.91 Å². The van der Waals surface area contributed by atoms with E-state index in [4.69, 9.17) is 5.10 Å². The van der Waals surface area contributed by atoms with Crippen LogP contribution in [0, 0.1) is 26.7 Å². The SMILES string of the molecule is CC[C@H](C)NC(=O)C1CCN(c2nnc(C)c3c(C)n(-c4ccc(C)cc4)nc23)CC1. The van der Waals surface area contributed by atoms with Gasteiger partial charge in [0.1, 0.15) is 5.52 Å². The highest BCUT2D eigenvalue weighted by atomic mass is 16.1. The summed E-state index contributed by atoms with van der Waals surface area (Å²) in [4.78, 5) is 14.8. The number of nitrogens with one attached hydrogen (secondary N) is 1. The molecule has 1 aromatic carbocycles. The summed E-state index contributed by atoms with van der Waals surface area (Å²) in [5.74, 6) is 1.05. The van der Waals surface area contributed by atoms with Crippen LogP contribution in [0.1, 0.15) is 50.1 Å². The molecule has 0 unspecified atom stereocenters. The Morgan fingerprint density at radius 1 is 1.13 bits per heavy atom. The Morgan fingerprint density at radius 3 is 2.45 bits per heavy atom. The fraction of sp³-hybridized carbons (Fsp3) is 0.500. The van der Waals surface area contributed by atoms with Crippen LogP contribution in [0.25, 0.3) is 16.6 Å². The molecule has 2 aromatic heterocycles. The maximum absolute atomic E-state index is 12.5. The van der Waals surface area contributed by atoms with E-state index >= 15 is 0 Å². The van der Waals surface area contributed by atoms with Crippen LogP contribution < -0.4 is 10.2 Å². The van der Waals surface area contributed by atoms with Gasteiger partial charge in [-0.1, -0.05) is 24.6 Å². The summed E-state index contributed by atoms with van der Waals surface area (Å²) >= 11 is 0. The van der Waals surface area contributed by atoms with Crippen molar-refractivity contribution in [1.29, 1.82) is 0 Å². The van der Waals surface area contributed by atoms with Crippen LogP contribution in [0.4, 0.5) is 5.82 Å². The van der Waals surface area contributed by atoms with Crippen molar-refractivity contribution < 1.29 is 4.79 Å². The van der Waals surface area contributed by atoms with E-state index < -0.39 is 0 Å². The second-order valence-electron chi connectivity index (χ2n) is 8.74. The van der Waals surface area contributed by atoms with Crippen molar-refractivity contribution in [3.8, 4) is 5.69 Å². The number of carbonyl (C=O) groups is 1. The van der Waals surface area contributed by atoms with Crippen LogP contribution in [0.15, 0.2) is 24.3 Å². The van der Waals surface area contributed by atoms with Crippen molar-refractivity contribution in [2.75, 3.05) is 18.0 Å². The second kappa shape index (κ2) is 8.65. The van der Waals surface area contributed by atoms with E-state index in [1.165, 1.54) is 5.56 Å². The zero-order valence-electron chi connectivity index (χ0n) is 19.1. The predicted octanol–water partition coefficient (Wildman–Crippen LogP) is 3.87. The normalized spacial score (nSPS) is 16.0. The predicted molar refractivity (Wildman–Crippen MR) is 124 cm³/mol. The number of hydrogen-bond donors (Lipinski definition) is 1. The summed E-state index contributed by atoms with van der Waals surface area (Å²) < 4.78 is 1.98. The first-order valence-corrected chi connectivity index (χ1v) is 11.2. The van der Waals surface area contributed by atoms with Crippen molar-refractivity contribution in [2.24, 2.45) is 5.92 Å². The van der Waals surface area contributed by atoms with Crippen molar-refractivity contribution in [3.63, 3.8) is 0 Å².